The van der Waals surface area contributed by atoms with Crippen LogP contribution in [0, 0.1) is 18.8 Å². The van der Waals surface area contributed by atoms with Crippen LogP contribution in [-0.2, 0) is 21.4 Å². The molecule has 2 aromatic heterocycles. The maximum atomic E-state index is 13.3. The number of carbonyl (C=O) groups is 2. The van der Waals surface area contributed by atoms with Crippen molar-refractivity contribution in [3.05, 3.63) is 27.4 Å². The number of aldehydes is 1. The number of anilines is 1. The second kappa shape index (κ2) is 6.62. The topological polar surface area (TPSA) is 85.1 Å². The summed E-state index contributed by atoms with van der Waals surface area (Å²) in [7, 11) is 0. The number of thiophene rings is 1. The molecule has 1 amide bonds. The van der Waals surface area contributed by atoms with Gasteiger partial charge in [-0.15, -0.1) is 11.3 Å². The average molecular weight is 412 g/mol. The maximum Gasteiger partial charge on any atom is 0.261 e. The number of hydrogen-bond acceptors (Lipinski definition) is 6. The third-order valence-electron chi connectivity index (χ3n) is 6.86. The first-order chi connectivity index (χ1) is 13.9. The molecule has 1 fully saturated rings. The third-order valence-corrected chi connectivity index (χ3v) is 8.03. The van der Waals surface area contributed by atoms with Gasteiger partial charge in [-0.25, -0.2) is 0 Å². The van der Waals surface area contributed by atoms with Gasteiger partial charge in [-0.1, -0.05) is 19.0 Å². The molecule has 0 unspecified atom stereocenters. The van der Waals surface area contributed by atoms with Crippen molar-refractivity contribution in [2.75, 3.05) is 5.32 Å². The van der Waals surface area contributed by atoms with E-state index in [1.807, 2.05) is 0 Å². The SMILES string of the molecule is Cc1noc(-c2c(NC(=O)C3=C(C=O)C4CCC3CC4)sc3c2C(C)(C)CC3)n1. The van der Waals surface area contributed by atoms with Crippen molar-refractivity contribution < 1.29 is 14.1 Å². The van der Waals surface area contributed by atoms with E-state index < -0.39 is 0 Å². The highest BCUT2D eigenvalue weighted by Gasteiger charge is 2.41. The van der Waals surface area contributed by atoms with E-state index in [1.54, 1.807) is 18.3 Å². The van der Waals surface area contributed by atoms with Gasteiger partial charge in [0.1, 0.15) is 11.3 Å². The molecule has 6 rings (SSSR count). The first-order valence-corrected chi connectivity index (χ1v) is 11.2. The third kappa shape index (κ3) is 2.89. The highest BCUT2D eigenvalue weighted by Crippen LogP contribution is 2.52. The molecule has 2 bridgehead atoms. The summed E-state index contributed by atoms with van der Waals surface area (Å²) >= 11 is 1.61. The van der Waals surface area contributed by atoms with Crippen molar-refractivity contribution >= 4 is 28.5 Å². The summed E-state index contributed by atoms with van der Waals surface area (Å²) in [6.07, 6.45) is 6.98. The Morgan fingerprint density at radius 2 is 1.97 bits per heavy atom. The van der Waals surface area contributed by atoms with E-state index >= 15 is 0 Å². The van der Waals surface area contributed by atoms with Crippen molar-refractivity contribution in [3.8, 4) is 11.5 Å². The summed E-state index contributed by atoms with van der Waals surface area (Å²) in [6.45, 7) is 6.23. The smallest absolute Gasteiger partial charge is 0.261 e. The lowest BCUT2D eigenvalue weighted by Gasteiger charge is -2.37. The van der Waals surface area contributed by atoms with Crippen molar-refractivity contribution in [1.29, 1.82) is 0 Å². The van der Waals surface area contributed by atoms with Gasteiger partial charge in [0.05, 0.1) is 5.56 Å². The molecule has 7 heteroatoms. The Hall–Kier alpha value is -2.28. The number of nitrogens with zero attached hydrogens (tertiary/aromatic N) is 2. The standard InChI is InChI=1S/C22H25N3O3S/c1-11-23-20(28-25-11)17-18-15(8-9-22(18,2)3)29-21(17)24-19(27)16-13-6-4-12(5-7-13)14(16)10-26/h10,12-13H,4-9H2,1-3H3,(H,24,27). The molecule has 0 spiro atoms. The predicted octanol–water partition coefficient (Wildman–Crippen LogP) is 4.58. The van der Waals surface area contributed by atoms with E-state index in [-0.39, 0.29) is 23.2 Å². The molecule has 2 aromatic rings. The first-order valence-electron chi connectivity index (χ1n) is 10.4. The molecule has 1 N–H and O–H groups in total. The van der Waals surface area contributed by atoms with Gasteiger partial charge < -0.3 is 9.84 Å². The van der Waals surface area contributed by atoms with Crippen molar-refractivity contribution in [2.24, 2.45) is 11.8 Å². The highest BCUT2D eigenvalue weighted by atomic mass is 32.1. The van der Waals surface area contributed by atoms with Gasteiger partial charge in [-0.2, -0.15) is 4.98 Å². The summed E-state index contributed by atoms with van der Waals surface area (Å²) in [5.74, 6) is 1.32. The molecule has 152 valence electrons. The molecule has 0 atom stereocenters. The number of amides is 1. The van der Waals surface area contributed by atoms with Gasteiger partial charge in [0, 0.05) is 16.0 Å². The van der Waals surface area contributed by atoms with Gasteiger partial charge in [0.25, 0.3) is 11.8 Å². The quantitative estimate of drug-likeness (QED) is 0.744. The number of aryl methyl sites for hydroxylation is 2. The number of hydrogen-bond donors (Lipinski definition) is 1. The first kappa shape index (κ1) is 18.7. The number of nitrogens with one attached hydrogen (secondary N) is 1. The number of aromatic nitrogens is 2. The fourth-order valence-electron chi connectivity index (χ4n) is 5.41. The van der Waals surface area contributed by atoms with Crippen LogP contribution in [0.2, 0.25) is 0 Å². The van der Waals surface area contributed by atoms with Gasteiger partial charge in [-0.05, 0) is 68.3 Å². The van der Waals surface area contributed by atoms with Crippen LogP contribution >= 0.6 is 11.3 Å². The van der Waals surface area contributed by atoms with E-state index in [0.717, 1.165) is 55.4 Å². The van der Waals surface area contributed by atoms with Gasteiger partial charge >= 0.3 is 0 Å². The van der Waals surface area contributed by atoms with Crippen LogP contribution in [0.15, 0.2) is 15.7 Å². The Morgan fingerprint density at radius 3 is 2.62 bits per heavy atom. The molecule has 4 aliphatic carbocycles. The molecular weight excluding hydrogens is 386 g/mol. The van der Waals surface area contributed by atoms with Gasteiger partial charge in [0.15, 0.2) is 5.82 Å². The summed E-state index contributed by atoms with van der Waals surface area (Å²) in [6, 6.07) is 0. The Balaban J connectivity index is 1.58. The van der Waals surface area contributed by atoms with Crippen LogP contribution in [0.3, 0.4) is 0 Å². The van der Waals surface area contributed by atoms with Crippen LogP contribution in [-0.4, -0.2) is 22.3 Å². The minimum atomic E-state index is -0.142. The average Bonchev–Trinajstić information content (AvgIpc) is 3.37. The molecule has 0 aromatic carbocycles. The fraction of sp³-hybridized carbons (Fsp3) is 0.545. The molecule has 0 saturated heterocycles. The number of allylic oxidation sites excluding steroid dienone is 1. The molecule has 29 heavy (non-hydrogen) atoms. The van der Waals surface area contributed by atoms with Crippen LogP contribution < -0.4 is 5.32 Å². The second-order valence-electron chi connectivity index (χ2n) is 9.12. The normalized spacial score (nSPS) is 24.7. The van der Waals surface area contributed by atoms with E-state index in [1.165, 1.54) is 10.4 Å². The zero-order valence-corrected chi connectivity index (χ0v) is 17.8. The summed E-state index contributed by atoms with van der Waals surface area (Å²) < 4.78 is 5.51. The Bertz CT molecular complexity index is 1040. The summed E-state index contributed by atoms with van der Waals surface area (Å²) in [5.41, 5.74) is 3.46. The van der Waals surface area contributed by atoms with Crippen LogP contribution in [0.4, 0.5) is 5.00 Å². The van der Waals surface area contributed by atoms with Crippen molar-refractivity contribution in [2.45, 2.75) is 64.7 Å². The van der Waals surface area contributed by atoms with Crippen molar-refractivity contribution in [1.82, 2.24) is 10.1 Å². The maximum absolute atomic E-state index is 13.3. The zero-order chi connectivity index (χ0) is 20.3. The van der Waals surface area contributed by atoms with Crippen molar-refractivity contribution in [3.63, 3.8) is 0 Å². The predicted molar refractivity (Wildman–Crippen MR) is 111 cm³/mol. The lowest BCUT2D eigenvalue weighted by molar-refractivity contribution is -0.114. The van der Waals surface area contributed by atoms with Gasteiger partial charge in [0.2, 0.25) is 0 Å². The summed E-state index contributed by atoms with van der Waals surface area (Å²) in [4.78, 5) is 30.8. The monoisotopic (exact) mass is 411 g/mol. The largest absolute Gasteiger partial charge is 0.334 e. The minimum Gasteiger partial charge on any atom is -0.334 e. The highest BCUT2D eigenvalue weighted by molar-refractivity contribution is 7.17. The Labute approximate surface area is 173 Å². The molecular formula is C22H25N3O3S. The van der Waals surface area contributed by atoms with E-state index in [9.17, 15) is 9.59 Å². The summed E-state index contributed by atoms with van der Waals surface area (Å²) in [5, 5.41) is 7.86. The molecule has 4 aliphatic rings. The van der Waals surface area contributed by atoms with E-state index in [0.29, 0.717) is 22.9 Å². The van der Waals surface area contributed by atoms with Crippen LogP contribution in [0.5, 0.6) is 0 Å². The van der Waals surface area contributed by atoms with E-state index in [4.69, 9.17) is 4.52 Å². The van der Waals surface area contributed by atoms with Crippen LogP contribution in [0.25, 0.3) is 11.5 Å². The van der Waals surface area contributed by atoms with Gasteiger partial charge in [-0.3, -0.25) is 9.59 Å². The molecule has 1 saturated carbocycles. The number of rotatable bonds is 4. The Kier molecular flexibility index (Phi) is 4.28. The lowest BCUT2D eigenvalue weighted by Crippen LogP contribution is -2.33. The Morgan fingerprint density at radius 1 is 1.24 bits per heavy atom. The fourth-order valence-corrected chi connectivity index (χ4v) is 6.77. The number of carbonyl (C=O) groups excluding carboxylic acids is 2. The van der Waals surface area contributed by atoms with Crippen LogP contribution in [0.1, 0.15) is 62.2 Å². The zero-order valence-electron chi connectivity index (χ0n) is 17.0. The molecule has 0 aliphatic heterocycles. The second-order valence-corrected chi connectivity index (χ2v) is 10.2. The molecule has 0 radical (unpaired) electrons. The van der Waals surface area contributed by atoms with E-state index in [2.05, 4.69) is 29.3 Å². The minimum absolute atomic E-state index is 0.0103. The lowest BCUT2D eigenvalue weighted by atomic mass is 9.67. The molecule has 6 nitrogen and oxygen atoms in total. The molecule has 2 heterocycles. The number of fused-ring (bicyclic) bond motifs is 3.